The predicted molar refractivity (Wildman–Crippen MR) is 135 cm³/mol. The van der Waals surface area contributed by atoms with Crippen LogP contribution in [0.25, 0.3) is 0 Å². The van der Waals surface area contributed by atoms with Crippen molar-refractivity contribution in [3.63, 3.8) is 0 Å². The molecule has 1 aliphatic rings. The molecule has 1 saturated carbocycles. The molecule has 0 unspecified atom stereocenters. The molecule has 7 heteroatoms. The largest absolute Gasteiger partial charge is 0.376 e. The first-order chi connectivity index (χ1) is 14.1. The van der Waals surface area contributed by atoms with Gasteiger partial charge in [-0.3, -0.25) is 9.79 Å². The average Bonchev–Trinajstić information content (AvgIpc) is 2.99. The van der Waals surface area contributed by atoms with Crippen LogP contribution in [-0.4, -0.2) is 63.2 Å². The van der Waals surface area contributed by atoms with Crippen molar-refractivity contribution < 1.29 is 9.53 Å². The summed E-state index contributed by atoms with van der Waals surface area (Å²) < 4.78 is 6.02. The number of hydrogen-bond donors (Lipinski definition) is 2. The Morgan fingerprint density at radius 1 is 1.17 bits per heavy atom. The molecule has 6 nitrogen and oxygen atoms in total. The number of nitrogens with zero attached hydrogens (tertiary/aromatic N) is 2. The second-order valence-corrected chi connectivity index (χ2v) is 7.82. The highest BCUT2D eigenvalue weighted by Gasteiger charge is 2.12. The number of carbonyl (C=O) groups is 1. The minimum atomic E-state index is 0. The first-order valence-electron chi connectivity index (χ1n) is 11.0. The van der Waals surface area contributed by atoms with Crippen LogP contribution in [0.15, 0.2) is 29.3 Å². The number of benzene rings is 1. The minimum absolute atomic E-state index is 0. The van der Waals surface area contributed by atoms with Gasteiger partial charge in [-0.25, -0.2) is 0 Å². The maximum Gasteiger partial charge on any atom is 0.253 e. The van der Waals surface area contributed by atoms with Gasteiger partial charge < -0.3 is 20.3 Å². The standard InChI is InChI=1S/C23H38N4O2.HI/c1-4-24-23(26-16-17-29-21-12-7-5-6-8-13-21)25-15-14-19-10-9-11-20(18-19)22(28)27(2)3;/h9-11,18,21H,4-8,12-17H2,1-3H3,(H2,24,25,26);1H. The van der Waals surface area contributed by atoms with Crippen molar-refractivity contribution in [3.05, 3.63) is 35.4 Å². The van der Waals surface area contributed by atoms with E-state index < -0.39 is 0 Å². The highest BCUT2D eigenvalue weighted by atomic mass is 127. The van der Waals surface area contributed by atoms with Gasteiger partial charge in [0.05, 0.1) is 19.3 Å². The maximum absolute atomic E-state index is 12.1. The topological polar surface area (TPSA) is 66.0 Å². The van der Waals surface area contributed by atoms with E-state index in [-0.39, 0.29) is 29.9 Å². The number of aliphatic imine (C=N–C) groups is 1. The van der Waals surface area contributed by atoms with Gasteiger partial charge in [-0.15, -0.1) is 24.0 Å². The molecule has 30 heavy (non-hydrogen) atoms. The fourth-order valence-corrected chi connectivity index (χ4v) is 3.57. The Hall–Kier alpha value is -1.35. The Morgan fingerprint density at radius 3 is 2.57 bits per heavy atom. The van der Waals surface area contributed by atoms with E-state index in [4.69, 9.17) is 4.74 Å². The molecule has 1 aromatic carbocycles. The van der Waals surface area contributed by atoms with Crippen LogP contribution in [0.2, 0.25) is 0 Å². The normalized spacial score (nSPS) is 15.1. The molecule has 0 heterocycles. The summed E-state index contributed by atoms with van der Waals surface area (Å²) in [5, 5.41) is 6.66. The number of carbonyl (C=O) groups excluding carboxylic acids is 1. The lowest BCUT2D eigenvalue weighted by molar-refractivity contribution is 0.0487. The second-order valence-electron chi connectivity index (χ2n) is 7.82. The van der Waals surface area contributed by atoms with E-state index >= 15 is 0 Å². The number of guanidine groups is 1. The fraction of sp³-hybridized carbons (Fsp3) is 0.652. The molecular weight excluding hydrogens is 491 g/mol. The van der Waals surface area contributed by atoms with E-state index in [1.54, 1.807) is 19.0 Å². The van der Waals surface area contributed by atoms with Crippen LogP contribution in [0.3, 0.4) is 0 Å². The van der Waals surface area contributed by atoms with E-state index in [2.05, 4.69) is 28.6 Å². The Morgan fingerprint density at radius 2 is 1.90 bits per heavy atom. The molecule has 0 spiro atoms. The molecule has 0 radical (unpaired) electrons. The zero-order valence-electron chi connectivity index (χ0n) is 18.8. The van der Waals surface area contributed by atoms with Crippen LogP contribution >= 0.6 is 24.0 Å². The lowest BCUT2D eigenvalue weighted by Gasteiger charge is -2.15. The summed E-state index contributed by atoms with van der Waals surface area (Å²) in [6.07, 6.45) is 8.91. The lowest BCUT2D eigenvalue weighted by atomic mass is 10.1. The van der Waals surface area contributed by atoms with Gasteiger partial charge in [0.2, 0.25) is 0 Å². The monoisotopic (exact) mass is 530 g/mol. The van der Waals surface area contributed by atoms with Crippen molar-refractivity contribution in [2.75, 3.05) is 40.3 Å². The summed E-state index contributed by atoms with van der Waals surface area (Å²) in [5.74, 6) is 0.848. The summed E-state index contributed by atoms with van der Waals surface area (Å²) >= 11 is 0. The smallest absolute Gasteiger partial charge is 0.253 e. The maximum atomic E-state index is 12.1. The molecule has 0 saturated heterocycles. The van der Waals surface area contributed by atoms with Crippen molar-refractivity contribution in [3.8, 4) is 0 Å². The molecule has 2 N–H and O–H groups in total. The van der Waals surface area contributed by atoms with Crippen molar-refractivity contribution >= 4 is 35.8 Å². The van der Waals surface area contributed by atoms with Crippen LogP contribution in [0.1, 0.15) is 61.4 Å². The SMILES string of the molecule is CCNC(=NCCOC1CCCCCC1)NCCc1cccc(C(=O)N(C)C)c1.I. The van der Waals surface area contributed by atoms with E-state index in [1.165, 1.54) is 38.5 Å². The van der Waals surface area contributed by atoms with E-state index in [0.29, 0.717) is 19.3 Å². The van der Waals surface area contributed by atoms with Gasteiger partial charge in [0.15, 0.2) is 5.96 Å². The first kappa shape index (κ1) is 26.7. The molecule has 1 aromatic rings. The third kappa shape index (κ3) is 10.1. The summed E-state index contributed by atoms with van der Waals surface area (Å²) in [7, 11) is 3.55. The van der Waals surface area contributed by atoms with Gasteiger partial charge >= 0.3 is 0 Å². The van der Waals surface area contributed by atoms with Crippen LogP contribution in [-0.2, 0) is 11.2 Å². The van der Waals surface area contributed by atoms with Gasteiger partial charge in [-0.1, -0.05) is 37.8 Å². The van der Waals surface area contributed by atoms with E-state index in [0.717, 1.165) is 36.6 Å². The van der Waals surface area contributed by atoms with Crippen molar-refractivity contribution in [2.45, 2.75) is 58.0 Å². The number of hydrogen-bond acceptors (Lipinski definition) is 3. The quantitative estimate of drug-likeness (QED) is 0.168. The fourth-order valence-electron chi connectivity index (χ4n) is 3.57. The molecule has 0 bridgehead atoms. The van der Waals surface area contributed by atoms with Crippen molar-refractivity contribution in [1.82, 2.24) is 15.5 Å². The highest BCUT2D eigenvalue weighted by molar-refractivity contribution is 14.0. The molecule has 1 aliphatic carbocycles. The Kier molecular flexibility index (Phi) is 13.7. The molecule has 0 atom stereocenters. The first-order valence-corrected chi connectivity index (χ1v) is 11.0. The molecule has 2 rings (SSSR count). The summed E-state index contributed by atoms with van der Waals surface area (Å²) in [4.78, 5) is 18.3. The van der Waals surface area contributed by atoms with Crippen LogP contribution < -0.4 is 10.6 Å². The molecule has 1 amide bonds. The van der Waals surface area contributed by atoms with Gasteiger partial charge in [0, 0.05) is 32.7 Å². The zero-order chi connectivity index (χ0) is 20.9. The third-order valence-electron chi connectivity index (χ3n) is 5.15. The zero-order valence-corrected chi connectivity index (χ0v) is 21.1. The van der Waals surface area contributed by atoms with Gasteiger partial charge in [-0.05, 0) is 43.9 Å². The van der Waals surface area contributed by atoms with Gasteiger partial charge in [0.1, 0.15) is 0 Å². The van der Waals surface area contributed by atoms with Crippen LogP contribution in [0.4, 0.5) is 0 Å². The van der Waals surface area contributed by atoms with Crippen LogP contribution in [0, 0.1) is 0 Å². The van der Waals surface area contributed by atoms with Crippen molar-refractivity contribution in [1.29, 1.82) is 0 Å². The molecule has 0 aromatic heterocycles. The number of halogens is 1. The Bertz CT molecular complexity index is 644. The lowest BCUT2D eigenvalue weighted by Crippen LogP contribution is -2.38. The average molecular weight is 530 g/mol. The number of amides is 1. The van der Waals surface area contributed by atoms with Crippen molar-refractivity contribution in [2.24, 2.45) is 4.99 Å². The molecule has 0 aliphatic heterocycles. The number of nitrogens with one attached hydrogen (secondary N) is 2. The summed E-state index contributed by atoms with van der Waals surface area (Å²) in [5.41, 5.74) is 1.86. The Balaban J connectivity index is 0.00000450. The number of rotatable bonds is 9. The van der Waals surface area contributed by atoms with E-state index in [1.807, 2.05) is 18.2 Å². The van der Waals surface area contributed by atoms with Gasteiger partial charge in [-0.2, -0.15) is 0 Å². The Labute approximate surface area is 199 Å². The molecule has 1 fully saturated rings. The second kappa shape index (κ2) is 15.5. The number of ether oxygens (including phenoxy) is 1. The summed E-state index contributed by atoms with van der Waals surface area (Å²) in [6, 6.07) is 7.82. The highest BCUT2D eigenvalue weighted by Crippen LogP contribution is 2.19. The molecule has 170 valence electrons. The van der Waals surface area contributed by atoms with Gasteiger partial charge in [0.25, 0.3) is 5.91 Å². The third-order valence-corrected chi connectivity index (χ3v) is 5.15. The summed E-state index contributed by atoms with van der Waals surface area (Å²) in [6.45, 7) is 4.99. The molecular formula is C23H39IN4O2. The van der Waals surface area contributed by atoms with E-state index in [9.17, 15) is 4.79 Å². The predicted octanol–water partition coefficient (Wildman–Crippen LogP) is 3.84. The minimum Gasteiger partial charge on any atom is -0.376 e. The van der Waals surface area contributed by atoms with Crippen LogP contribution in [0.5, 0.6) is 0 Å².